The van der Waals surface area contributed by atoms with Gasteiger partial charge in [0.05, 0.1) is 0 Å². The predicted molar refractivity (Wildman–Crippen MR) is 107 cm³/mol. The van der Waals surface area contributed by atoms with Crippen molar-refractivity contribution in [2.75, 3.05) is 26.2 Å². The van der Waals surface area contributed by atoms with E-state index in [0.717, 1.165) is 40.4 Å². The molecule has 0 saturated carbocycles. The summed E-state index contributed by atoms with van der Waals surface area (Å²) in [4.78, 5) is 12.9. The van der Waals surface area contributed by atoms with Crippen LogP contribution in [-0.2, 0) is 0 Å². The summed E-state index contributed by atoms with van der Waals surface area (Å²) >= 11 is 1.47. The van der Waals surface area contributed by atoms with Crippen molar-refractivity contribution in [2.24, 2.45) is 10.7 Å². The first-order chi connectivity index (χ1) is 11.6. The molecule has 1 aromatic heterocycles. The third kappa shape index (κ3) is 6.25. The summed E-state index contributed by atoms with van der Waals surface area (Å²) in [5.41, 5.74) is 8.07. The number of rotatable bonds is 8. The summed E-state index contributed by atoms with van der Waals surface area (Å²) < 4.78 is 0. The van der Waals surface area contributed by atoms with Crippen LogP contribution in [0.4, 0.5) is 0 Å². The van der Waals surface area contributed by atoms with Gasteiger partial charge in [0.2, 0.25) is 0 Å². The molecule has 1 fully saturated rings. The van der Waals surface area contributed by atoms with Crippen LogP contribution >= 0.6 is 11.8 Å². The second kappa shape index (κ2) is 9.79. The molecule has 2 N–H and O–H groups in total. The zero-order chi connectivity index (χ0) is 17.4. The zero-order valence-corrected chi connectivity index (χ0v) is 15.4. The molecule has 24 heavy (non-hydrogen) atoms. The third-order valence-corrected chi connectivity index (χ3v) is 5.05. The van der Waals surface area contributed by atoms with Gasteiger partial charge in [-0.05, 0) is 0 Å². The van der Waals surface area contributed by atoms with Crippen molar-refractivity contribution in [1.29, 1.82) is 0 Å². The number of amidine groups is 1. The molecule has 0 unspecified atom stereocenters. The maximum absolute atomic E-state index is 6.06. The first kappa shape index (κ1) is 18.9. The van der Waals surface area contributed by atoms with Gasteiger partial charge in [-0.15, -0.1) is 0 Å². The first-order valence-electron chi connectivity index (χ1n) is 8.57. The van der Waals surface area contributed by atoms with Crippen LogP contribution in [0, 0.1) is 6.92 Å². The van der Waals surface area contributed by atoms with Gasteiger partial charge in [0.1, 0.15) is 0 Å². The van der Waals surface area contributed by atoms with Gasteiger partial charge in [-0.25, -0.2) is 0 Å². The molecule has 0 spiro atoms. The maximum atomic E-state index is 6.06. The summed E-state index contributed by atoms with van der Waals surface area (Å²) in [6, 6.07) is 1.95. The SMILES string of the molecule is C=C(SC(=C)c1bc(C)ncc1)C(N)=NCCCN1CCCCC1. The minimum atomic E-state index is 0.519. The molecule has 2 heterocycles. The van der Waals surface area contributed by atoms with E-state index in [0.29, 0.717) is 5.84 Å². The van der Waals surface area contributed by atoms with Gasteiger partial charge in [-0.1, -0.05) is 6.42 Å². The molecule has 2 rings (SSSR count). The number of hydrogen-bond donors (Lipinski definition) is 1. The number of nitrogens with two attached hydrogens (primary N) is 1. The Labute approximate surface area is 150 Å². The number of likely N-dealkylation sites (tertiary alicyclic amines) is 1. The van der Waals surface area contributed by atoms with Crippen molar-refractivity contribution in [2.45, 2.75) is 32.6 Å². The second-order valence-electron chi connectivity index (χ2n) is 6.16. The standard InChI is InChI=1S/C18H27BN4S/c1-14(17-8-10-21-16(3)19-17)24-15(2)18(20)22-9-7-13-23-11-5-4-6-12-23/h8,10H,1-2,4-7,9,11-13H2,3H3,(H2,20,22). The van der Waals surface area contributed by atoms with Crippen molar-refractivity contribution in [3.05, 3.63) is 41.4 Å². The van der Waals surface area contributed by atoms with Crippen molar-refractivity contribution in [3.8, 4) is 0 Å². The number of aromatic nitrogens is 1. The van der Waals surface area contributed by atoms with E-state index in [1.807, 2.05) is 19.9 Å². The fourth-order valence-corrected chi connectivity index (χ4v) is 3.46. The average Bonchev–Trinajstić information content (AvgIpc) is 2.59. The molecule has 4 nitrogen and oxygen atoms in total. The second-order valence-corrected chi connectivity index (χ2v) is 7.35. The van der Waals surface area contributed by atoms with Gasteiger partial charge in [-0.2, -0.15) is 0 Å². The topological polar surface area (TPSA) is 54.5 Å². The zero-order valence-electron chi connectivity index (χ0n) is 14.6. The summed E-state index contributed by atoms with van der Waals surface area (Å²) in [6.45, 7) is 16.4. The van der Waals surface area contributed by atoms with Crippen LogP contribution in [0.1, 0.15) is 36.7 Å². The molecule has 0 radical (unpaired) electrons. The van der Waals surface area contributed by atoms with Crippen molar-refractivity contribution >= 4 is 29.4 Å². The van der Waals surface area contributed by atoms with E-state index in [4.69, 9.17) is 5.73 Å². The normalized spacial score (nSPS) is 16.0. The number of nitrogens with zero attached hydrogens (tertiary/aromatic N) is 3. The molecular weight excluding hydrogens is 315 g/mol. The van der Waals surface area contributed by atoms with E-state index in [1.54, 1.807) is 6.20 Å². The minimum absolute atomic E-state index is 0.519. The Balaban J connectivity index is 1.75. The van der Waals surface area contributed by atoms with Crippen LogP contribution in [0.25, 0.3) is 4.91 Å². The predicted octanol–water partition coefficient (Wildman–Crippen LogP) is 3.18. The molecular formula is C18H27BN4S. The Morgan fingerprint density at radius 2 is 2.12 bits per heavy atom. The molecule has 0 aromatic carbocycles. The number of aryl methyl sites for hydroxylation is 1. The van der Waals surface area contributed by atoms with E-state index in [2.05, 4.69) is 28.0 Å². The molecule has 0 atom stereocenters. The first-order valence-corrected chi connectivity index (χ1v) is 9.39. The van der Waals surface area contributed by atoms with Crippen LogP contribution in [0.3, 0.4) is 0 Å². The van der Waals surface area contributed by atoms with Crippen LogP contribution in [0.2, 0.25) is 0 Å². The van der Waals surface area contributed by atoms with Crippen molar-refractivity contribution in [1.82, 2.24) is 9.88 Å². The Kier molecular flexibility index (Phi) is 7.73. The van der Waals surface area contributed by atoms with Crippen molar-refractivity contribution < 1.29 is 0 Å². The van der Waals surface area contributed by atoms with Gasteiger partial charge in [0, 0.05) is 0 Å². The number of thioether (sulfide) groups is 1. The molecule has 1 aromatic rings. The Morgan fingerprint density at radius 1 is 1.38 bits per heavy atom. The van der Waals surface area contributed by atoms with E-state index < -0.39 is 0 Å². The Bertz CT molecular complexity index is 609. The van der Waals surface area contributed by atoms with E-state index in [1.165, 1.54) is 44.1 Å². The molecule has 1 aliphatic rings. The summed E-state index contributed by atoms with van der Waals surface area (Å²) in [6.07, 6.45) is 6.87. The fourth-order valence-electron chi connectivity index (χ4n) is 2.74. The summed E-state index contributed by atoms with van der Waals surface area (Å²) in [5, 5.41) is 0. The van der Waals surface area contributed by atoms with Crippen LogP contribution < -0.4 is 5.73 Å². The third-order valence-electron chi connectivity index (χ3n) is 4.11. The van der Waals surface area contributed by atoms with Gasteiger partial charge in [-0.3, -0.25) is 0 Å². The molecule has 128 valence electrons. The van der Waals surface area contributed by atoms with E-state index >= 15 is 0 Å². The monoisotopic (exact) mass is 342 g/mol. The van der Waals surface area contributed by atoms with Gasteiger partial charge < -0.3 is 0 Å². The van der Waals surface area contributed by atoms with Crippen LogP contribution in [0.5, 0.6) is 0 Å². The number of aliphatic imine (C=N–C) groups is 1. The molecule has 1 saturated heterocycles. The van der Waals surface area contributed by atoms with Crippen LogP contribution in [0.15, 0.2) is 35.3 Å². The quantitative estimate of drug-likeness (QED) is 0.448. The van der Waals surface area contributed by atoms with E-state index in [9.17, 15) is 0 Å². The molecule has 6 heteroatoms. The summed E-state index contributed by atoms with van der Waals surface area (Å²) in [5.74, 6) is 0.519. The molecule has 0 bridgehead atoms. The van der Waals surface area contributed by atoms with Crippen molar-refractivity contribution in [3.63, 3.8) is 0 Å². The summed E-state index contributed by atoms with van der Waals surface area (Å²) in [7, 11) is 0. The molecule has 0 aliphatic carbocycles. The fraction of sp³-hybridized carbons (Fsp3) is 0.500. The van der Waals surface area contributed by atoms with E-state index in [-0.39, 0.29) is 0 Å². The number of hydrogen-bond acceptors (Lipinski definition) is 4. The Morgan fingerprint density at radius 3 is 2.83 bits per heavy atom. The van der Waals surface area contributed by atoms with Gasteiger partial charge in [0.25, 0.3) is 0 Å². The van der Waals surface area contributed by atoms with Crippen LogP contribution in [-0.4, -0.2) is 48.8 Å². The Hall–Kier alpha value is -1.40. The molecule has 1 aliphatic heterocycles. The van der Waals surface area contributed by atoms with Gasteiger partial charge >= 0.3 is 144 Å². The van der Waals surface area contributed by atoms with Gasteiger partial charge in [0.15, 0.2) is 0 Å². The number of piperidine rings is 1. The average molecular weight is 342 g/mol. The molecule has 0 amide bonds.